The standard InChI is InChI=1S/C18H23N3OS/c1-18(2,3)14-6-4-5-7-15(14)20-9-11-21(12-10-20)17(22)16-19-8-13-23-16/h4-8,13H,9-12H2,1-3H3. The Labute approximate surface area is 141 Å². The molecule has 0 N–H and O–H groups in total. The zero-order valence-corrected chi connectivity index (χ0v) is 14.8. The Morgan fingerprint density at radius 3 is 2.43 bits per heavy atom. The fraction of sp³-hybridized carbons (Fsp3) is 0.444. The molecule has 0 unspecified atom stereocenters. The van der Waals surface area contributed by atoms with Gasteiger partial charge in [0.25, 0.3) is 5.91 Å². The van der Waals surface area contributed by atoms with Crippen molar-refractivity contribution < 1.29 is 4.79 Å². The molecule has 0 atom stereocenters. The number of thiazole rings is 1. The molecule has 5 heteroatoms. The van der Waals surface area contributed by atoms with Gasteiger partial charge < -0.3 is 9.80 Å². The van der Waals surface area contributed by atoms with Crippen molar-refractivity contribution in [1.82, 2.24) is 9.88 Å². The molecule has 122 valence electrons. The third-order valence-corrected chi connectivity index (χ3v) is 5.00. The van der Waals surface area contributed by atoms with Gasteiger partial charge in [-0.3, -0.25) is 4.79 Å². The van der Waals surface area contributed by atoms with Crippen molar-refractivity contribution in [2.75, 3.05) is 31.1 Å². The van der Waals surface area contributed by atoms with Crippen molar-refractivity contribution in [3.05, 3.63) is 46.4 Å². The molecule has 1 fully saturated rings. The number of benzene rings is 1. The number of nitrogens with zero attached hydrogens (tertiary/aromatic N) is 3. The maximum Gasteiger partial charge on any atom is 0.282 e. The van der Waals surface area contributed by atoms with Crippen LogP contribution in [0.5, 0.6) is 0 Å². The molecule has 2 heterocycles. The highest BCUT2D eigenvalue weighted by atomic mass is 32.1. The summed E-state index contributed by atoms with van der Waals surface area (Å²) >= 11 is 1.41. The summed E-state index contributed by atoms with van der Waals surface area (Å²) in [6.45, 7) is 9.96. The van der Waals surface area contributed by atoms with Crippen LogP contribution < -0.4 is 4.90 Å². The number of hydrogen-bond donors (Lipinski definition) is 0. The number of rotatable bonds is 2. The Morgan fingerprint density at radius 2 is 1.83 bits per heavy atom. The number of amides is 1. The monoisotopic (exact) mass is 329 g/mol. The first-order valence-electron chi connectivity index (χ1n) is 8.00. The summed E-state index contributed by atoms with van der Waals surface area (Å²) in [6, 6.07) is 8.60. The molecular formula is C18H23N3OS. The highest BCUT2D eigenvalue weighted by Gasteiger charge is 2.26. The highest BCUT2D eigenvalue weighted by Crippen LogP contribution is 2.32. The lowest BCUT2D eigenvalue weighted by Crippen LogP contribution is -2.49. The van der Waals surface area contributed by atoms with Crippen molar-refractivity contribution in [3.63, 3.8) is 0 Å². The molecule has 1 aliphatic rings. The van der Waals surface area contributed by atoms with Gasteiger partial charge in [0.05, 0.1) is 0 Å². The molecule has 1 aromatic carbocycles. The molecule has 1 aliphatic heterocycles. The summed E-state index contributed by atoms with van der Waals surface area (Å²) < 4.78 is 0. The van der Waals surface area contributed by atoms with Crippen molar-refractivity contribution >= 4 is 22.9 Å². The lowest BCUT2D eigenvalue weighted by atomic mass is 9.85. The molecule has 1 aromatic heterocycles. The zero-order chi connectivity index (χ0) is 16.4. The van der Waals surface area contributed by atoms with Gasteiger partial charge in [-0.15, -0.1) is 11.3 Å². The van der Waals surface area contributed by atoms with Crippen LogP contribution in [-0.4, -0.2) is 42.0 Å². The molecule has 1 saturated heterocycles. The minimum absolute atomic E-state index is 0.0590. The molecule has 0 radical (unpaired) electrons. The smallest absolute Gasteiger partial charge is 0.282 e. The van der Waals surface area contributed by atoms with Gasteiger partial charge in [0, 0.05) is 43.4 Å². The lowest BCUT2D eigenvalue weighted by Gasteiger charge is -2.38. The fourth-order valence-electron chi connectivity index (χ4n) is 3.00. The van der Waals surface area contributed by atoms with Gasteiger partial charge in [0.2, 0.25) is 0 Å². The molecule has 23 heavy (non-hydrogen) atoms. The van der Waals surface area contributed by atoms with Gasteiger partial charge >= 0.3 is 0 Å². The second-order valence-corrected chi connectivity index (χ2v) is 7.78. The first-order valence-corrected chi connectivity index (χ1v) is 8.88. The van der Waals surface area contributed by atoms with Gasteiger partial charge in [-0.25, -0.2) is 4.98 Å². The van der Waals surface area contributed by atoms with E-state index in [-0.39, 0.29) is 11.3 Å². The van der Waals surface area contributed by atoms with Gasteiger partial charge in [0.15, 0.2) is 5.01 Å². The van der Waals surface area contributed by atoms with E-state index in [1.807, 2.05) is 10.3 Å². The molecule has 1 amide bonds. The maximum absolute atomic E-state index is 12.4. The van der Waals surface area contributed by atoms with E-state index in [0.29, 0.717) is 5.01 Å². The summed E-state index contributed by atoms with van der Waals surface area (Å²) in [5.41, 5.74) is 2.77. The van der Waals surface area contributed by atoms with Crippen LogP contribution in [0.25, 0.3) is 0 Å². The normalized spacial score (nSPS) is 15.8. The Kier molecular flexibility index (Phi) is 4.39. The van der Waals surface area contributed by atoms with Crippen LogP contribution in [-0.2, 0) is 5.41 Å². The molecular weight excluding hydrogens is 306 g/mol. The van der Waals surface area contributed by atoms with E-state index in [1.54, 1.807) is 6.20 Å². The Bertz CT molecular complexity index is 668. The van der Waals surface area contributed by atoms with Crippen LogP contribution >= 0.6 is 11.3 Å². The third-order valence-electron chi connectivity index (χ3n) is 4.23. The van der Waals surface area contributed by atoms with Crippen molar-refractivity contribution in [2.45, 2.75) is 26.2 Å². The highest BCUT2D eigenvalue weighted by molar-refractivity contribution is 7.11. The Hall–Kier alpha value is -1.88. The predicted octanol–water partition coefficient (Wildman–Crippen LogP) is 3.40. The van der Waals surface area contributed by atoms with Crippen LogP contribution in [0.15, 0.2) is 35.8 Å². The molecule has 0 spiro atoms. The average molecular weight is 329 g/mol. The SMILES string of the molecule is CC(C)(C)c1ccccc1N1CCN(C(=O)c2nccs2)CC1. The largest absolute Gasteiger partial charge is 0.368 e. The fourth-order valence-corrected chi connectivity index (χ4v) is 3.60. The number of anilines is 1. The van der Waals surface area contributed by atoms with E-state index >= 15 is 0 Å². The van der Waals surface area contributed by atoms with Crippen LogP contribution in [0.1, 0.15) is 36.1 Å². The van der Waals surface area contributed by atoms with Crippen molar-refractivity contribution in [3.8, 4) is 0 Å². The van der Waals surface area contributed by atoms with E-state index in [1.165, 1.54) is 22.6 Å². The summed E-state index contributed by atoms with van der Waals surface area (Å²) in [4.78, 5) is 20.8. The lowest BCUT2D eigenvalue weighted by molar-refractivity contribution is 0.0746. The third kappa shape index (κ3) is 3.39. The summed E-state index contributed by atoms with van der Waals surface area (Å²) in [7, 11) is 0. The van der Waals surface area contributed by atoms with Crippen LogP contribution in [0.3, 0.4) is 0 Å². The van der Waals surface area contributed by atoms with Gasteiger partial charge in [-0.2, -0.15) is 0 Å². The minimum Gasteiger partial charge on any atom is -0.368 e. The number of hydrogen-bond acceptors (Lipinski definition) is 4. The molecule has 0 saturated carbocycles. The molecule has 2 aromatic rings. The molecule has 0 bridgehead atoms. The zero-order valence-electron chi connectivity index (χ0n) is 14.0. The van der Waals surface area contributed by atoms with E-state index in [4.69, 9.17) is 0 Å². The van der Waals surface area contributed by atoms with E-state index in [9.17, 15) is 4.79 Å². The number of para-hydroxylation sites is 1. The van der Waals surface area contributed by atoms with Gasteiger partial charge in [-0.05, 0) is 17.0 Å². The van der Waals surface area contributed by atoms with Crippen LogP contribution in [0.2, 0.25) is 0 Å². The Balaban J connectivity index is 1.72. The molecule has 3 rings (SSSR count). The number of carbonyl (C=O) groups excluding carboxylic acids is 1. The molecule has 0 aliphatic carbocycles. The minimum atomic E-state index is 0.0590. The average Bonchev–Trinajstić information content (AvgIpc) is 3.08. The van der Waals surface area contributed by atoms with Gasteiger partial charge in [-0.1, -0.05) is 39.0 Å². The van der Waals surface area contributed by atoms with E-state index < -0.39 is 0 Å². The predicted molar refractivity (Wildman–Crippen MR) is 95.4 cm³/mol. The summed E-state index contributed by atoms with van der Waals surface area (Å²) in [5, 5.41) is 2.44. The quantitative estimate of drug-likeness (QED) is 0.847. The second kappa shape index (κ2) is 6.32. The number of piperazine rings is 1. The van der Waals surface area contributed by atoms with Crippen molar-refractivity contribution in [1.29, 1.82) is 0 Å². The van der Waals surface area contributed by atoms with Crippen LogP contribution in [0.4, 0.5) is 5.69 Å². The van der Waals surface area contributed by atoms with E-state index in [0.717, 1.165) is 26.2 Å². The van der Waals surface area contributed by atoms with Crippen LogP contribution in [0, 0.1) is 0 Å². The summed E-state index contributed by atoms with van der Waals surface area (Å²) in [5.74, 6) is 0.0590. The summed E-state index contributed by atoms with van der Waals surface area (Å²) in [6.07, 6.45) is 1.69. The first kappa shape index (κ1) is 16.0. The molecule has 4 nitrogen and oxygen atoms in total. The number of aromatic nitrogens is 1. The maximum atomic E-state index is 12.4. The topological polar surface area (TPSA) is 36.4 Å². The number of carbonyl (C=O) groups is 1. The first-order chi connectivity index (χ1) is 11.0. The second-order valence-electron chi connectivity index (χ2n) is 6.88. The van der Waals surface area contributed by atoms with Crippen molar-refractivity contribution in [2.24, 2.45) is 0 Å². The van der Waals surface area contributed by atoms with E-state index in [2.05, 4.69) is 54.9 Å². The van der Waals surface area contributed by atoms with Gasteiger partial charge in [0.1, 0.15) is 0 Å². The Morgan fingerprint density at radius 1 is 1.13 bits per heavy atom.